The van der Waals surface area contributed by atoms with Gasteiger partial charge in [0.2, 0.25) is 0 Å². The lowest BCUT2D eigenvalue weighted by atomic mass is 9.60. The van der Waals surface area contributed by atoms with Crippen LogP contribution in [0.5, 0.6) is 5.75 Å². The number of aromatic nitrogens is 1. The minimum atomic E-state index is -0.428. The molecule has 4 nitrogen and oxygen atoms in total. The number of nitriles is 1. The molecule has 3 aromatic rings. The van der Waals surface area contributed by atoms with Crippen molar-refractivity contribution in [2.24, 2.45) is 5.92 Å². The average Bonchev–Trinajstić information content (AvgIpc) is 3.11. The highest BCUT2D eigenvalue weighted by molar-refractivity contribution is 5.87. The topological polar surface area (TPSA) is 65.9 Å². The van der Waals surface area contributed by atoms with Gasteiger partial charge in [0, 0.05) is 34.4 Å². The Morgan fingerprint density at radius 1 is 1.26 bits per heavy atom. The Kier molecular flexibility index (Phi) is 3.58. The summed E-state index contributed by atoms with van der Waals surface area (Å²) < 4.78 is 5.38. The Bertz CT molecular complexity index is 1090. The third-order valence-corrected chi connectivity index (χ3v) is 6.42. The Morgan fingerprint density at radius 2 is 2.11 bits per heavy atom. The van der Waals surface area contributed by atoms with E-state index in [9.17, 15) is 10.1 Å². The highest BCUT2D eigenvalue weighted by Crippen LogP contribution is 2.56. The molecule has 1 aromatic heterocycles. The zero-order valence-corrected chi connectivity index (χ0v) is 15.1. The molecule has 0 saturated heterocycles. The van der Waals surface area contributed by atoms with Gasteiger partial charge in [0.15, 0.2) is 0 Å². The maximum absolute atomic E-state index is 12.2. The van der Waals surface area contributed by atoms with Gasteiger partial charge in [-0.3, -0.25) is 0 Å². The van der Waals surface area contributed by atoms with Crippen LogP contribution in [-0.4, -0.2) is 18.4 Å². The standard InChI is InChI=1S/C23H20N2O2/c1-27-14-7-9-15-13(10-14)6-8-17-21(15)19(12-26)18(11-24)22-16-4-2-3-5-20(16)25-23(17)22/h2-5,7,9-10,12,17-19,21,25H,6,8H2,1H3. The number of aldehydes is 1. The van der Waals surface area contributed by atoms with E-state index in [-0.39, 0.29) is 17.8 Å². The molecule has 2 aromatic carbocycles. The maximum atomic E-state index is 12.2. The molecule has 0 fully saturated rings. The molecule has 0 spiro atoms. The first kappa shape index (κ1) is 16.1. The summed E-state index contributed by atoms with van der Waals surface area (Å²) in [6.45, 7) is 0. The minimum absolute atomic E-state index is 0.0300. The number of nitrogens with one attached hydrogen (secondary N) is 1. The van der Waals surface area contributed by atoms with Crippen molar-refractivity contribution in [3.8, 4) is 11.8 Å². The number of benzene rings is 2. The van der Waals surface area contributed by atoms with Crippen molar-refractivity contribution in [2.75, 3.05) is 7.11 Å². The van der Waals surface area contributed by atoms with Crippen LogP contribution in [-0.2, 0) is 11.2 Å². The van der Waals surface area contributed by atoms with Crippen LogP contribution in [0.4, 0.5) is 0 Å². The highest BCUT2D eigenvalue weighted by atomic mass is 16.5. The van der Waals surface area contributed by atoms with Crippen molar-refractivity contribution in [1.29, 1.82) is 5.26 Å². The summed E-state index contributed by atoms with van der Waals surface area (Å²) in [5.41, 5.74) is 5.65. The molecule has 134 valence electrons. The molecule has 1 N–H and O–H groups in total. The van der Waals surface area contributed by atoms with Gasteiger partial charge in [-0.25, -0.2) is 0 Å². The first-order valence-corrected chi connectivity index (χ1v) is 9.39. The van der Waals surface area contributed by atoms with Gasteiger partial charge in [-0.05, 0) is 47.7 Å². The van der Waals surface area contributed by atoms with E-state index < -0.39 is 5.92 Å². The first-order valence-electron chi connectivity index (χ1n) is 9.39. The van der Waals surface area contributed by atoms with Crippen LogP contribution in [0, 0.1) is 17.2 Å². The molecule has 0 aliphatic heterocycles. The molecule has 0 radical (unpaired) electrons. The molecule has 2 aliphatic rings. The van der Waals surface area contributed by atoms with Crippen molar-refractivity contribution in [2.45, 2.75) is 30.6 Å². The number of nitrogens with zero attached hydrogens (tertiary/aromatic N) is 1. The van der Waals surface area contributed by atoms with Crippen LogP contribution < -0.4 is 4.74 Å². The molecule has 27 heavy (non-hydrogen) atoms. The fraction of sp³-hybridized carbons (Fsp3) is 0.304. The second kappa shape index (κ2) is 5.99. The molecule has 0 saturated carbocycles. The van der Waals surface area contributed by atoms with Crippen LogP contribution in [0.15, 0.2) is 42.5 Å². The predicted octanol–water partition coefficient (Wildman–Crippen LogP) is 4.43. The van der Waals surface area contributed by atoms with Gasteiger partial charge < -0.3 is 14.5 Å². The molecular formula is C23H20N2O2. The van der Waals surface area contributed by atoms with E-state index in [0.29, 0.717) is 0 Å². The van der Waals surface area contributed by atoms with Crippen LogP contribution in [0.25, 0.3) is 10.9 Å². The van der Waals surface area contributed by atoms with Gasteiger partial charge in [-0.2, -0.15) is 5.26 Å². The normalized spacial score (nSPS) is 25.8. The van der Waals surface area contributed by atoms with Crippen LogP contribution in [0.2, 0.25) is 0 Å². The second-order valence-electron chi connectivity index (χ2n) is 7.55. The molecule has 4 unspecified atom stereocenters. The van der Waals surface area contributed by atoms with Crippen LogP contribution in [0.1, 0.15) is 46.6 Å². The summed E-state index contributed by atoms with van der Waals surface area (Å²) >= 11 is 0. The van der Waals surface area contributed by atoms with E-state index in [4.69, 9.17) is 4.74 Å². The number of hydrogen-bond donors (Lipinski definition) is 1. The Morgan fingerprint density at radius 3 is 2.89 bits per heavy atom. The molecule has 5 rings (SSSR count). The summed E-state index contributed by atoms with van der Waals surface area (Å²) in [4.78, 5) is 15.8. The predicted molar refractivity (Wildman–Crippen MR) is 103 cm³/mol. The number of H-pyrrole nitrogens is 1. The number of ether oxygens (including phenoxy) is 1. The monoisotopic (exact) mass is 356 g/mol. The lowest BCUT2D eigenvalue weighted by Crippen LogP contribution is -2.35. The summed E-state index contributed by atoms with van der Waals surface area (Å²) in [6, 6.07) is 16.7. The Balaban J connectivity index is 1.75. The number of fused-ring (bicyclic) bond motifs is 7. The van der Waals surface area contributed by atoms with Gasteiger partial charge >= 0.3 is 0 Å². The van der Waals surface area contributed by atoms with E-state index in [1.165, 1.54) is 11.1 Å². The number of carbonyl (C=O) groups is 1. The van der Waals surface area contributed by atoms with Crippen molar-refractivity contribution in [3.05, 3.63) is 64.8 Å². The van der Waals surface area contributed by atoms with Crippen LogP contribution in [0.3, 0.4) is 0 Å². The summed E-state index contributed by atoms with van der Waals surface area (Å²) in [7, 11) is 1.67. The number of aromatic amines is 1. The van der Waals surface area contributed by atoms with Gasteiger partial charge in [0.25, 0.3) is 0 Å². The Hall–Kier alpha value is -3.06. The lowest BCUT2D eigenvalue weighted by molar-refractivity contribution is -0.112. The van der Waals surface area contributed by atoms with Crippen molar-refractivity contribution < 1.29 is 9.53 Å². The number of rotatable bonds is 2. The van der Waals surface area contributed by atoms with Crippen LogP contribution >= 0.6 is 0 Å². The molecule has 4 heteroatoms. The maximum Gasteiger partial charge on any atom is 0.125 e. The smallest absolute Gasteiger partial charge is 0.125 e. The number of methoxy groups -OCH3 is 1. The summed E-state index contributed by atoms with van der Waals surface area (Å²) in [5, 5.41) is 11.1. The number of hydrogen-bond acceptors (Lipinski definition) is 3. The van der Waals surface area contributed by atoms with Gasteiger partial charge in [0.1, 0.15) is 12.0 Å². The van der Waals surface area contributed by atoms with E-state index in [1.54, 1.807) is 7.11 Å². The summed E-state index contributed by atoms with van der Waals surface area (Å²) in [5.74, 6) is 0.339. The van der Waals surface area contributed by atoms with Crippen molar-refractivity contribution in [1.82, 2.24) is 4.98 Å². The van der Waals surface area contributed by atoms with E-state index in [0.717, 1.165) is 47.0 Å². The molecule has 1 heterocycles. The number of carbonyl (C=O) groups excluding carboxylic acids is 1. The van der Waals surface area contributed by atoms with Gasteiger partial charge in [0.05, 0.1) is 19.1 Å². The molecule has 0 bridgehead atoms. The quantitative estimate of drug-likeness (QED) is 0.691. The Labute approximate surface area is 157 Å². The van der Waals surface area contributed by atoms with E-state index >= 15 is 0 Å². The third kappa shape index (κ3) is 2.18. The first-order chi connectivity index (χ1) is 13.3. The largest absolute Gasteiger partial charge is 0.497 e. The minimum Gasteiger partial charge on any atom is -0.497 e. The second-order valence-corrected chi connectivity index (χ2v) is 7.55. The SMILES string of the molecule is COc1ccc2c(c1)CCC1c3[nH]c4ccccc4c3C(C#N)C(C=O)C21. The summed E-state index contributed by atoms with van der Waals surface area (Å²) in [6.07, 6.45) is 2.92. The van der Waals surface area contributed by atoms with Crippen molar-refractivity contribution in [3.63, 3.8) is 0 Å². The molecule has 0 amide bonds. The number of aryl methyl sites for hydroxylation is 1. The fourth-order valence-corrected chi connectivity index (χ4v) is 5.28. The molecule has 2 aliphatic carbocycles. The average molecular weight is 356 g/mol. The highest BCUT2D eigenvalue weighted by Gasteiger charge is 2.47. The zero-order valence-electron chi connectivity index (χ0n) is 15.1. The number of para-hydroxylation sites is 1. The van der Waals surface area contributed by atoms with E-state index in [2.05, 4.69) is 35.3 Å². The van der Waals surface area contributed by atoms with Gasteiger partial charge in [-0.15, -0.1) is 0 Å². The van der Waals surface area contributed by atoms with Crippen molar-refractivity contribution >= 4 is 17.2 Å². The zero-order chi connectivity index (χ0) is 18.5. The molecule has 4 atom stereocenters. The molecular weight excluding hydrogens is 336 g/mol. The van der Waals surface area contributed by atoms with E-state index in [1.807, 2.05) is 18.2 Å². The fourth-order valence-electron chi connectivity index (χ4n) is 5.28. The lowest BCUT2D eigenvalue weighted by Gasteiger charge is -2.42. The van der Waals surface area contributed by atoms with Gasteiger partial charge in [-0.1, -0.05) is 24.3 Å². The third-order valence-electron chi connectivity index (χ3n) is 6.42.